The van der Waals surface area contributed by atoms with Crippen molar-refractivity contribution in [1.82, 2.24) is 4.98 Å². The van der Waals surface area contributed by atoms with Gasteiger partial charge in [-0.3, -0.25) is 14.5 Å². The first-order valence-electron chi connectivity index (χ1n) is 10.9. The average Bonchev–Trinajstić information content (AvgIpc) is 3.33. The number of hydrogen-bond acceptors (Lipinski definition) is 8. The maximum atomic E-state index is 13.7. The molecule has 0 saturated heterocycles. The molecule has 8 nitrogen and oxygen atoms in total. The Morgan fingerprint density at radius 3 is 2.54 bits per heavy atom. The molecule has 0 fully saturated rings. The zero-order valence-corrected chi connectivity index (χ0v) is 20.5. The second kappa shape index (κ2) is 9.71. The normalized spacial score (nSPS) is 15.5. The summed E-state index contributed by atoms with van der Waals surface area (Å²) in [5, 5.41) is 11.7. The highest BCUT2D eigenvalue weighted by Gasteiger charge is 2.45. The molecule has 0 bridgehead atoms. The number of thiazole rings is 1. The molecule has 180 valence electrons. The molecule has 4 rings (SSSR count). The molecule has 0 saturated carbocycles. The van der Waals surface area contributed by atoms with Crippen LogP contribution in [0.5, 0.6) is 5.75 Å². The van der Waals surface area contributed by atoms with E-state index < -0.39 is 29.5 Å². The Labute approximate surface area is 206 Å². The Hall–Kier alpha value is -3.98. The first-order chi connectivity index (χ1) is 16.8. The van der Waals surface area contributed by atoms with E-state index in [2.05, 4.69) is 4.98 Å². The Morgan fingerprint density at radius 1 is 1.14 bits per heavy atom. The van der Waals surface area contributed by atoms with E-state index in [0.717, 1.165) is 0 Å². The largest absolute Gasteiger partial charge is 0.503 e. The van der Waals surface area contributed by atoms with Crippen LogP contribution in [0.3, 0.4) is 0 Å². The molecular weight excluding hydrogens is 468 g/mol. The minimum Gasteiger partial charge on any atom is -0.503 e. The number of benzene rings is 2. The van der Waals surface area contributed by atoms with Crippen LogP contribution in [-0.2, 0) is 9.53 Å². The molecule has 1 aliphatic heterocycles. The number of methoxy groups -OCH3 is 1. The molecule has 0 radical (unpaired) electrons. The van der Waals surface area contributed by atoms with Gasteiger partial charge in [0.15, 0.2) is 5.76 Å². The number of aromatic nitrogens is 1. The lowest BCUT2D eigenvalue weighted by Gasteiger charge is -2.27. The summed E-state index contributed by atoms with van der Waals surface area (Å²) in [6.45, 7) is 5.40. The topological polar surface area (TPSA) is 106 Å². The molecule has 3 aromatic rings. The second-order valence-electron chi connectivity index (χ2n) is 7.86. The van der Waals surface area contributed by atoms with Crippen molar-refractivity contribution < 1.29 is 29.0 Å². The molecule has 1 aliphatic rings. The lowest BCUT2D eigenvalue weighted by molar-refractivity contribution is -0.117. The highest BCUT2D eigenvalue weighted by Crippen LogP contribution is 2.43. The van der Waals surface area contributed by atoms with Gasteiger partial charge in [0.25, 0.3) is 5.91 Å². The van der Waals surface area contributed by atoms with Gasteiger partial charge in [-0.05, 0) is 56.7 Å². The highest BCUT2D eigenvalue weighted by atomic mass is 32.1. The van der Waals surface area contributed by atoms with Crippen molar-refractivity contribution >= 4 is 34.7 Å². The lowest BCUT2D eigenvalue weighted by atomic mass is 9.94. The predicted molar refractivity (Wildman–Crippen MR) is 131 cm³/mol. The Kier molecular flexibility index (Phi) is 6.70. The van der Waals surface area contributed by atoms with E-state index in [1.807, 2.05) is 0 Å². The van der Waals surface area contributed by atoms with E-state index in [1.165, 1.54) is 29.4 Å². The van der Waals surface area contributed by atoms with Crippen LogP contribution in [0, 0.1) is 13.8 Å². The van der Waals surface area contributed by atoms with Crippen molar-refractivity contribution in [2.75, 3.05) is 18.6 Å². The van der Waals surface area contributed by atoms with Gasteiger partial charge >= 0.3 is 5.97 Å². The molecule has 0 spiro atoms. The number of aryl methyl sites for hydroxylation is 2. The molecule has 2 aromatic carbocycles. The molecule has 1 unspecified atom stereocenters. The van der Waals surface area contributed by atoms with Crippen LogP contribution in [0.2, 0.25) is 0 Å². The Morgan fingerprint density at radius 2 is 1.89 bits per heavy atom. The van der Waals surface area contributed by atoms with Crippen molar-refractivity contribution in [3.8, 4) is 5.75 Å². The maximum Gasteiger partial charge on any atom is 0.338 e. The third kappa shape index (κ3) is 4.42. The maximum absolute atomic E-state index is 13.7. The first-order valence-corrected chi connectivity index (χ1v) is 11.7. The van der Waals surface area contributed by atoms with Gasteiger partial charge in [0.2, 0.25) is 5.78 Å². The zero-order valence-electron chi connectivity index (χ0n) is 19.7. The number of esters is 1. The van der Waals surface area contributed by atoms with Crippen molar-refractivity contribution in [2.45, 2.75) is 26.8 Å². The number of amides is 1. The van der Waals surface area contributed by atoms with E-state index in [0.29, 0.717) is 32.6 Å². The molecule has 35 heavy (non-hydrogen) atoms. The van der Waals surface area contributed by atoms with Crippen LogP contribution in [0.25, 0.3) is 0 Å². The average molecular weight is 493 g/mol. The number of nitrogens with zero attached hydrogens (tertiary/aromatic N) is 2. The van der Waals surface area contributed by atoms with Gasteiger partial charge in [-0.2, -0.15) is 0 Å². The van der Waals surface area contributed by atoms with Gasteiger partial charge in [0.1, 0.15) is 5.75 Å². The summed E-state index contributed by atoms with van der Waals surface area (Å²) < 4.78 is 10.4. The van der Waals surface area contributed by atoms with E-state index in [9.17, 15) is 19.5 Å². The van der Waals surface area contributed by atoms with E-state index in [-0.39, 0.29) is 17.7 Å². The molecule has 9 heteroatoms. The third-order valence-electron chi connectivity index (χ3n) is 5.61. The summed E-state index contributed by atoms with van der Waals surface area (Å²) in [6, 6.07) is 12.3. The van der Waals surface area contributed by atoms with Gasteiger partial charge in [0.05, 0.1) is 46.5 Å². The van der Waals surface area contributed by atoms with Crippen LogP contribution in [-0.4, -0.2) is 41.5 Å². The second-order valence-corrected chi connectivity index (χ2v) is 9.07. The molecule has 1 N–H and O–H groups in total. The van der Waals surface area contributed by atoms with Gasteiger partial charge in [-0.1, -0.05) is 18.2 Å². The fourth-order valence-electron chi connectivity index (χ4n) is 4.09. The number of hydrogen-bond donors (Lipinski definition) is 1. The molecule has 1 amide bonds. The Balaban J connectivity index is 1.88. The fourth-order valence-corrected chi connectivity index (χ4v) is 4.97. The Bertz CT molecular complexity index is 1360. The van der Waals surface area contributed by atoms with Crippen molar-refractivity contribution in [1.29, 1.82) is 0 Å². The summed E-state index contributed by atoms with van der Waals surface area (Å²) in [5.41, 5.74) is 1.61. The van der Waals surface area contributed by atoms with Gasteiger partial charge < -0.3 is 14.6 Å². The molecular formula is C26H24N2O6S. The molecule has 2 heterocycles. The number of ether oxygens (including phenoxy) is 2. The van der Waals surface area contributed by atoms with Crippen LogP contribution in [0.1, 0.15) is 49.3 Å². The van der Waals surface area contributed by atoms with E-state index in [1.54, 1.807) is 63.2 Å². The van der Waals surface area contributed by atoms with Crippen LogP contribution in [0.15, 0.2) is 59.9 Å². The van der Waals surface area contributed by atoms with Gasteiger partial charge in [-0.25, -0.2) is 9.78 Å². The minimum atomic E-state index is -0.954. The smallest absolute Gasteiger partial charge is 0.338 e. The summed E-state index contributed by atoms with van der Waals surface area (Å²) in [7, 11) is 1.52. The van der Waals surface area contributed by atoms with Gasteiger partial charge in [0, 0.05) is 5.69 Å². The number of rotatable bonds is 7. The number of aliphatic hydroxyl groups is 1. The minimum absolute atomic E-state index is 0.0588. The summed E-state index contributed by atoms with van der Waals surface area (Å²) in [5.74, 6) is -1.88. The van der Waals surface area contributed by atoms with Crippen molar-refractivity contribution in [3.05, 3.63) is 86.6 Å². The van der Waals surface area contributed by atoms with Crippen molar-refractivity contribution in [3.63, 3.8) is 0 Å². The number of Topliss-reactive ketones (excluding diaryl/α,β-unsaturated/α-hetero) is 1. The van der Waals surface area contributed by atoms with Crippen molar-refractivity contribution in [2.24, 2.45) is 0 Å². The first kappa shape index (κ1) is 24.2. The molecule has 1 atom stereocenters. The third-order valence-corrected chi connectivity index (χ3v) is 6.68. The van der Waals surface area contributed by atoms with Crippen LogP contribution in [0.4, 0.5) is 5.69 Å². The predicted octanol–water partition coefficient (Wildman–Crippen LogP) is 4.73. The molecule has 1 aromatic heterocycles. The van der Waals surface area contributed by atoms with Gasteiger partial charge in [-0.15, -0.1) is 11.3 Å². The van der Waals surface area contributed by atoms with Crippen LogP contribution >= 0.6 is 11.3 Å². The fraction of sp³-hybridized carbons (Fsp3) is 0.231. The molecule has 0 aliphatic carbocycles. The van der Waals surface area contributed by atoms with Crippen LogP contribution < -0.4 is 9.64 Å². The SMILES string of the molecule is CCOC(=O)c1cccc(N2C(=O)C(O)=C(C(=O)c3sc(C)nc3C)C2c2cccc(OC)c2)c1. The van der Waals surface area contributed by atoms with E-state index in [4.69, 9.17) is 9.47 Å². The number of carbonyl (C=O) groups is 3. The number of anilines is 1. The quantitative estimate of drug-likeness (QED) is 0.375. The highest BCUT2D eigenvalue weighted by molar-refractivity contribution is 7.14. The monoisotopic (exact) mass is 492 g/mol. The summed E-state index contributed by atoms with van der Waals surface area (Å²) in [4.78, 5) is 45.4. The number of aliphatic hydroxyl groups excluding tert-OH is 1. The lowest BCUT2D eigenvalue weighted by Crippen LogP contribution is -2.31. The zero-order chi connectivity index (χ0) is 25.3. The number of ketones is 1. The van der Waals surface area contributed by atoms with E-state index >= 15 is 0 Å². The number of carbonyl (C=O) groups excluding carboxylic acids is 3. The summed E-state index contributed by atoms with van der Waals surface area (Å²) >= 11 is 1.20. The summed E-state index contributed by atoms with van der Waals surface area (Å²) in [6.07, 6.45) is 0. The standard InChI is InChI=1S/C26H24N2O6S/c1-5-34-26(32)17-9-6-10-18(12-17)28-21(16-8-7-11-19(13-16)33-4)20(23(30)25(28)31)22(29)24-14(2)27-15(3)35-24/h6-13,21,30H,5H2,1-4H3.